The number of carbonyl (C=O) groups excluding carboxylic acids is 2. The van der Waals surface area contributed by atoms with Gasteiger partial charge in [0, 0.05) is 49.2 Å². The van der Waals surface area contributed by atoms with Gasteiger partial charge < -0.3 is 19.5 Å². The molecule has 0 bridgehead atoms. The maximum Gasteiger partial charge on any atom is 0.410 e. The number of aryl methyl sites for hydroxylation is 1. The summed E-state index contributed by atoms with van der Waals surface area (Å²) in [5.74, 6) is -0.115. The summed E-state index contributed by atoms with van der Waals surface area (Å²) >= 11 is 0. The van der Waals surface area contributed by atoms with Crippen LogP contribution < -0.4 is 0 Å². The number of rotatable bonds is 3. The number of likely N-dealkylation sites (tertiary alicyclic amines) is 1. The molecule has 5 heterocycles. The zero-order valence-electron chi connectivity index (χ0n) is 23.4. The van der Waals surface area contributed by atoms with Gasteiger partial charge in [0.1, 0.15) is 23.3 Å². The first-order chi connectivity index (χ1) is 19.2. The molecule has 1 aromatic carbocycles. The number of hydrogen-bond donors (Lipinski definition) is 1. The topological polar surface area (TPSA) is 104 Å². The second-order valence-electron chi connectivity index (χ2n) is 11.7. The summed E-state index contributed by atoms with van der Waals surface area (Å²) in [5.41, 5.74) is 7.28. The molecule has 1 atom stereocenters. The quantitative estimate of drug-likeness (QED) is 0.364. The number of benzene rings is 1. The third-order valence-corrected chi connectivity index (χ3v) is 7.78. The molecule has 9 nitrogen and oxygen atoms in total. The van der Waals surface area contributed by atoms with Gasteiger partial charge in [0.05, 0.1) is 6.04 Å². The number of hydrogen-bond acceptors (Lipinski definition) is 6. The summed E-state index contributed by atoms with van der Waals surface area (Å²) in [7, 11) is 0. The van der Waals surface area contributed by atoms with Gasteiger partial charge in [-0.15, -0.1) is 0 Å². The Morgan fingerprint density at radius 1 is 1.10 bits per heavy atom. The van der Waals surface area contributed by atoms with Crippen molar-refractivity contribution >= 4 is 23.0 Å². The molecule has 6 rings (SSSR count). The van der Waals surface area contributed by atoms with Crippen LogP contribution in [0.3, 0.4) is 0 Å². The van der Waals surface area contributed by atoms with Crippen LogP contribution in [-0.2, 0) is 17.7 Å². The number of aromatic nitrogens is 4. The van der Waals surface area contributed by atoms with E-state index in [0.29, 0.717) is 31.7 Å². The second kappa shape index (κ2) is 10.0. The molecule has 4 aromatic rings. The van der Waals surface area contributed by atoms with Gasteiger partial charge in [-0.25, -0.2) is 19.7 Å². The maximum atomic E-state index is 13.3. The monoisotopic (exact) mass is 538 g/mol. The minimum Gasteiger partial charge on any atom is -0.444 e. The molecule has 0 spiro atoms. The van der Waals surface area contributed by atoms with Crippen molar-refractivity contribution in [2.45, 2.75) is 65.1 Å². The highest BCUT2D eigenvalue weighted by atomic mass is 16.6. The van der Waals surface area contributed by atoms with Crippen LogP contribution in [0.1, 0.15) is 72.4 Å². The number of H-pyrrole nitrogens is 1. The highest BCUT2D eigenvalue weighted by molar-refractivity contribution is 5.92. The second-order valence-corrected chi connectivity index (χ2v) is 11.7. The van der Waals surface area contributed by atoms with Crippen LogP contribution >= 0.6 is 0 Å². The van der Waals surface area contributed by atoms with Crippen molar-refractivity contribution in [2.75, 3.05) is 13.1 Å². The molecule has 206 valence electrons. The predicted octanol–water partition coefficient (Wildman–Crippen LogP) is 5.60. The van der Waals surface area contributed by atoms with Gasteiger partial charge >= 0.3 is 6.09 Å². The van der Waals surface area contributed by atoms with Gasteiger partial charge in [-0.2, -0.15) is 0 Å². The van der Waals surface area contributed by atoms with Crippen LogP contribution in [0.25, 0.3) is 22.2 Å². The highest BCUT2D eigenvalue weighted by Gasteiger charge is 2.36. The fourth-order valence-corrected chi connectivity index (χ4v) is 5.84. The lowest BCUT2D eigenvalue weighted by atomic mass is 9.86. The van der Waals surface area contributed by atoms with E-state index < -0.39 is 5.60 Å². The number of amides is 2. The summed E-state index contributed by atoms with van der Waals surface area (Å²) in [6, 6.07) is 8.10. The van der Waals surface area contributed by atoms with E-state index in [1.165, 1.54) is 11.9 Å². The Labute approximate surface area is 233 Å². The average molecular weight is 539 g/mol. The number of carbonyl (C=O) groups is 2. The van der Waals surface area contributed by atoms with Crippen molar-refractivity contribution in [2.24, 2.45) is 0 Å². The van der Waals surface area contributed by atoms with Gasteiger partial charge in [0.15, 0.2) is 0 Å². The SMILES string of the molecule is Cc1c[nH]c2ncc(-c3cc4c(c(C5CCCN5C(=O)OC(C)(C)C)c3)CN(C(=O)c3ccncn3)CC4)cc12. The molecule has 9 heteroatoms. The van der Waals surface area contributed by atoms with Gasteiger partial charge in [0.2, 0.25) is 0 Å². The van der Waals surface area contributed by atoms with Crippen molar-refractivity contribution < 1.29 is 14.3 Å². The van der Waals surface area contributed by atoms with Crippen molar-refractivity contribution in [1.82, 2.24) is 29.7 Å². The van der Waals surface area contributed by atoms with Gasteiger partial charge in [-0.3, -0.25) is 4.79 Å². The van der Waals surface area contributed by atoms with E-state index in [-0.39, 0.29) is 18.0 Å². The van der Waals surface area contributed by atoms with Crippen LogP contribution in [-0.4, -0.2) is 60.4 Å². The lowest BCUT2D eigenvalue weighted by molar-refractivity contribution is 0.0222. The maximum absolute atomic E-state index is 13.3. The molecule has 1 N–H and O–H groups in total. The molecule has 0 saturated carbocycles. The van der Waals surface area contributed by atoms with Crippen molar-refractivity contribution in [3.05, 3.63) is 77.1 Å². The van der Waals surface area contributed by atoms with Crippen molar-refractivity contribution in [3.63, 3.8) is 0 Å². The van der Waals surface area contributed by atoms with Gasteiger partial charge in [-0.05, 0) is 93.0 Å². The third-order valence-electron chi connectivity index (χ3n) is 7.78. The zero-order valence-corrected chi connectivity index (χ0v) is 23.4. The number of ether oxygens (including phenoxy) is 1. The van der Waals surface area contributed by atoms with Crippen LogP contribution in [0.5, 0.6) is 0 Å². The molecule has 40 heavy (non-hydrogen) atoms. The fourth-order valence-electron chi connectivity index (χ4n) is 5.84. The molecule has 3 aromatic heterocycles. The number of fused-ring (bicyclic) bond motifs is 2. The van der Waals surface area contributed by atoms with Crippen molar-refractivity contribution in [1.29, 1.82) is 0 Å². The normalized spacial score (nSPS) is 17.2. The predicted molar refractivity (Wildman–Crippen MR) is 152 cm³/mol. The Hall–Kier alpha value is -4.27. The summed E-state index contributed by atoms with van der Waals surface area (Å²) < 4.78 is 5.80. The molecular weight excluding hydrogens is 504 g/mol. The number of nitrogens with zero attached hydrogens (tertiary/aromatic N) is 5. The minimum absolute atomic E-state index is 0.115. The lowest BCUT2D eigenvalue weighted by Gasteiger charge is -2.34. The molecule has 2 amide bonds. The zero-order chi connectivity index (χ0) is 28.0. The van der Waals surface area contributed by atoms with E-state index in [1.807, 2.05) is 43.0 Å². The Kier molecular flexibility index (Phi) is 6.52. The minimum atomic E-state index is -0.582. The summed E-state index contributed by atoms with van der Waals surface area (Å²) in [4.78, 5) is 46.3. The Bertz CT molecular complexity index is 1590. The molecule has 1 unspecified atom stereocenters. The number of pyridine rings is 1. The molecule has 1 saturated heterocycles. The van der Waals surface area contributed by atoms with E-state index in [9.17, 15) is 9.59 Å². The summed E-state index contributed by atoms with van der Waals surface area (Å²) in [5, 5.41) is 1.09. The third kappa shape index (κ3) is 4.92. The number of aromatic amines is 1. The highest BCUT2D eigenvalue weighted by Crippen LogP contribution is 2.40. The Morgan fingerprint density at radius 3 is 2.73 bits per heavy atom. The van der Waals surface area contributed by atoms with E-state index >= 15 is 0 Å². The van der Waals surface area contributed by atoms with Gasteiger partial charge in [-0.1, -0.05) is 6.07 Å². The molecule has 2 aliphatic heterocycles. The van der Waals surface area contributed by atoms with Crippen molar-refractivity contribution in [3.8, 4) is 11.1 Å². The first-order valence-electron chi connectivity index (χ1n) is 13.8. The smallest absolute Gasteiger partial charge is 0.410 e. The van der Waals surface area contributed by atoms with Crippen LogP contribution in [0.2, 0.25) is 0 Å². The molecular formula is C31H34N6O3. The first-order valence-corrected chi connectivity index (χ1v) is 13.8. The summed E-state index contributed by atoms with van der Waals surface area (Å²) in [6.07, 6.45) is 9.00. The van der Waals surface area contributed by atoms with E-state index in [2.05, 4.69) is 45.1 Å². The molecule has 0 radical (unpaired) electrons. The lowest BCUT2D eigenvalue weighted by Crippen LogP contribution is -2.39. The average Bonchev–Trinajstić information content (AvgIpc) is 3.58. The number of nitrogens with one attached hydrogen (secondary N) is 1. The van der Waals surface area contributed by atoms with Crippen LogP contribution in [0.15, 0.2) is 49.2 Å². The Morgan fingerprint density at radius 2 is 1.95 bits per heavy atom. The van der Waals surface area contributed by atoms with Crippen LogP contribution in [0.4, 0.5) is 4.79 Å². The summed E-state index contributed by atoms with van der Waals surface area (Å²) in [6.45, 7) is 9.43. The largest absolute Gasteiger partial charge is 0.444 e. The van der Waals surface area contributed by atoms with E-state index in [1.54, 1.807) is 12.3 Å². The van der Waals surface area contributed by atoms with E-state index in [4.69, 9.17) is 4.74 Å². The molecule has 0 aliphatic carbocycles. The Balaban J connectivity index is 1.43. The molecule has 1 fully saturated rings. The van der Waals surface area contributed by atoms with E-state index in [0.717, 1.165) is 51.7 Å². The standard InChI is InChI=1S/C31H34N6O3/c1-19-15-33-28-23(19)14-22(16-34-28)21-12-20-8-11-36(29(38)26-7-9-32-18-35-26)17-25(20)24(13-21)27-6-5-10-37(27)30(39)40-31(2,3)4/h7,9,12-16,18,27H,5-6,8,10-11,17H2,1-4H3,(H,33,34). The van der Waals surface area contributed by atoms with Gasteiger partial charge in [0.25, 0.3) is 5.91 Å². The molecule has 2 aliphatic rings. The fraction of sp³-hybridized carbons (Fsp3) is 0.387. The van der Waals surface area contributed by atoms with Crippen LogP contribution in [0, 0.1) is 6.92 Å². The first kappa shape index (κ1) is 26.0.